The highest BCUT2D eigenvalue weighted by Gasteiger charge is 2.26. The number of ether oxygens (including phenoxy) is 1. The predicted octanol–water partition coefficient (Wildman–Crippen LogP) is 3.75. The zero-order valence-electron chi connectivity index (χ0n) is 18.6. The highest BCUT2D eigenvalue weighted by atomic mass is 16.5. The zero-order chi connectivity index (χ0) is 22.2. The van der Waals surface area contributed by atoms with Crippen molar-refractivity contribution >= 4 is 5.97 Å². The number of aliphatic hydroxyl groups excluding tert-OH is 4. The Bertz CT molecular complexity index is 338. The highest BCUT2D eigenvalue weighted by Crippen LogP contribution is 2.13. The van der Waals surface area contributed by atoms with Crippen LogP contribution in [0.25, 0.3) is 0 Å². The lowest BCUT2D eigenvalue weighted by atomic mass is 9.93. The summed E-state index contributed by atoms with van der Waals surface area (Å²) in [5.74, 6) is -0.302. The average Bonchev–Trinajstić information content (AvgIpc) is 2.76. The second-order valence-corrected chi connectivity index (χ2v) is 7.75. The lowest BCUT2D eigenvalue weighted by Crippen LogP contribution is -2.37. The Kier molecular flexibility index (Phi) is 24.3. The number of hydrogen-bond donors (Lipinski definition) is 4. The van der Waals surface area contributed by atoms with Crippen LogP contribution < -0.4 is 0 Å². The Labute approximate surface area is 178 Å². The molecule has 0 saturated heterocycles. The molecule has 174 valence electrons. The molecular formula is C23H46O6. The molecule has 0 aliphatic rings. The van der Waals surface area contributed by atoms with Crippen LogP contribution in [0.2, 0.25) is 0 Å². The Balaban J connectivity index is 0. The van der Waals surface area contributed by atoms with Crippen LogP contribution in [0, 0.1) is 5.41 Å². The normalized spacial score (nSPS) is 10.9. The quantitative estimate of drug-likeness (QED) is 0.145. The largest absolute Gasteiger partial charge is 0.463 e. The minimum atomic E-state index is -1.11. The summed E-state index contributed by atoms with van der Waals surface area (Å²) in [6, 6.07) is 0. The number of hydrogen-bond acceptors (Lipinski definition) is 6. The summed E-state index contributed by atoms with van der Waals surface area (Å²) in [7, 11) is 0. The van der Waals surface area contributed by atoms with Gasteiger partial charge in [-0.25, -0.2) is 4.79 Å². The number of carbonyl (C=O) groups is 1. The van der Waals surface area contributed by atoms with E-state index in [9.17, 15) is 4.79 Å². The van der Waals surface area contributed by atoms with E-state index >= 15 is 0 Å². The third-order valence-electron chi connectivity index (χ3n) is 5.00. The first-order valence-electron chi connectivity index (χ1n) is 11.3. The van der Waals surface area contributed by atoms with Crippen LogP contribution in [-0.2, 0) is 9.53 Å². The van der Waals surface area contributed by atoms with Crippen molar-refractivity contribution < 1.29 is 30.0 Å². The lowest BCUT2D eigenvalue weighted by molar-refractivity contribution is -0.137. The molecule has 4 N–H and O–H groups in total. The van der Waals surface area contributed by atoms with Crippen LogP contribution >= 0.6 is 0 Å². The summed E-state index contributed by atoms with van der Waals surface area (Å²) < 4.78 is 4.93. The van der Waals surface area contributed by atoms with Crippen molar-refractivity contribution in [3.63, 3.8) is 0 Å². The van der Waals surface area contributed by atoms with Crippen LogP contribution in [0.5, 0.6) is 0 Å². The molecule has 0 radical (unpaired) electrons. The van der Waals surface area contributed by atoms with Gasteiger partial charge in [-0.3, -0.25) is 0 Å². The standard InChI is InChI=1S/C18H34O2.C5H12O4/c1-3-5-6-7-8-9-10-11-12-13-14-15-16-17-20-18(19)4-2;6-1-5(2-7,3-8)4-9/h4H,2-3,5-17H2,1H3;6-9H,1-4H2. The molecule has 0 bridgehead atoms. The monoisotopic (exact) mass is 418 g/mol. The molecule has 0 aromatic carbocycles. The fourth-order valence-corrected chi connectivity index (χ4v) is 2.65. The van der Waals surface area contributed by atoms with E-state index < -0.39 is 31.8 Å². The molecule has 0 unspecified atom stereocenters. The van der Waals surface area contributed by atoms with E-state index in [1.165, 1.54) is 83.1 Å². The van der Waals surface area contributed by atoms with Gasteiger partial charge in [-0.1, -0.05) is 90.6 Å². The van der Waals surface area contributed by atoms with Gasteiger partial charge in [0.25, 0.3) is 0 Å². The molecule has 0 aliphatic carbocycles. The van der Waals surface area contributed by atoms with Crippen molar-refractivity contribution in [3.05, 3.63) is 12.7 Å². The Morgan fingerprint density at radius 3 is 1.34 bits per heavy atom. The molecular weight excluding hydrogens is 372 g/mol. The summed E-state index contributed by atoms with van der Waals surface area (Å²) in [6.45, 7) is 4.56. The molecule has 0 amide bonds. The van der Waals surface area contributed by atoms with Crippen LogP contribution in [-0.4, -0.2) is 59.4 Å². The molecule has 0 fully saturated rings. The van der Waals surface area contributed by atoms with Crippen LogP contribution in [0.4, 0.5) is 0 Å². The average molecular weight is 419 g/mol. The second-order valence-electron chi connectivity index (χ2n) is 7.75. The molecule has 0 spiro atoms. The molecule has 6 heteroatoms. The topological polar surface area (TPSA) is 107 Å². The summed E-state index contributed by atoms with van der Waals surface area (Å²) in [4.78, 5) is 10.8. The summed E-state index contributed by atoms with van der Waals surface area (Å²) >= 11 is 0. The van der Waals surface area contributed by atoms with Crippen molar-refractivity contribution in [1.82, 2.24) is 0 Å². The van der Waals surface area contributed by atoms with Gasteiger partial charge in [-0.05, 0) is 6.42 Å². The molecule has 0 aliphatic heterocycles. The van der Waals surface area contributed by atoms with Gasteiger partial charge in [-0.15, -0.1) is 0 Å². The lowest BCUT2D eigenvalue weighted by Gasteiger charge is -2.23. The van der Waals surface area contributed by atoms with Gasteiger partial charge < -0.3 is 25.2 Å². The number of carbonyl (C=O) groups excluding carboxylic acids is 1. The molecule has 0 aromatic heterocycles. The number of rotatable bonds is 19. The van der Waals surface area contributed by atoms with Crippen molar-refractivity contribution in [2.45, 2.75) is 90.4 Å². The molecule has 0 aromatic rings. The fourth-order valence-electron chi connectivity index (χ4n) is 2.65. The number of esters is 1. The van der Waals surface area contributed by atoms with Crippen molar-refractivity contribution in [2.75, 3.05) is 33.0 Å². The van der Waals surface area contributed by atoms with E-state index in [1.54, 1.807) is 0 Å². The van der Waals surface area contributed by atoms with Gasteiger partial charge in [0.05, 0.1) is 38.4 Å². The van der Waals surface area contributed by atoms with Gasteiger partial charge in [0.15, 0.2) is 0 Å². The number of unbranched alkanes of at least 4 members (excludes halogenated alkanes) is 12. The van der Waals surface area contributed by atoms with E-state index in [0.717, 1.165) is 6.42 Å². The van der Waals surface area contributed by atoms with E-state index in [-0.39, 0.29) is 5.97 Å². The summed E-state index contributed by atoms with van der Waals surface area (Å²) in [5, 5.41) is 34.0. The van der Waals surface area contributed by atoms with E-state index in [1.807, 2.05) is 0 Å². The van der Waals surface area contributed by atoms with Crippen molar-refractivity contribution in [1.29, 1.82) is 0 Å². The predicted molar refractivity (Wildman–Crippen MR) is 118 cm³/mol. The maximum absolute atomic E-state index is 10.8. The molecule has 0 atom stereocenters. The second kappa shape index (κ2) is 23.3. The molecule has 0 saturated carbocycles. The minimum absolute atomic E-state index is 0.302. The number of aliphatic hydroxyl groups is 4. The Morgan fingerprint density at radius 2 is 1.07 bits per heavy atom. The summed E-state index contributed by atoms with van der Waals surface area (Å²) in [6.07, 6.45) is 18.6. The molecule has 0 heterocycles. The maximum Gasteiger partial charge on any atom is 0.330 e. The van der Waals surface area contributed by atoms with Gasteiger partial charge >= 0.3 is 5.97 Å². The van der Waals surface area contributed by atoms with Crippen molar-refractivity contribution in [3.8, 4) is 0 Å². The Morgan fingerprint density at radius 1 is 0.724 bits per heavy atom. The SMILES string of the molecule is C=CC(=O)OCCCCCCCCCCCCCCC.OCC(CO)(CO)CO. The first-order valence-corrected chi connectivity index (χ1v) is 11.3. The van der Waals surface area contributed by atoms with Gasteiger partial charge in [-0.2, -0.15) is 0 Å². The van der Waals surface area contributed by atoms with Gasteiger partial charge in [0.2, 0.25) is 0 Å². The van der Waals surface area contributed by atoms with E-state index in [0.29, 0.717) is 6.61 Å². The molecule has 6 nitrogen and oxygen atoms in total. The van der Waals surface area contributed by atoms with Crippen molar-refractivity contribution in [2.24, 2.45) is 5.41 Å². The third-order valence-corrected chi connectivity index (χ3v) is 5.00. The van der Waals surface area contributed by atoms with Crippen LogP contribution in [0.1, 0.15) is 90.4 Å². The Hall–Kier alpha value is -0.950. The first kappa shape index (κ1) is 30.2. The first-order chi connectivity index (χ1) is 14.1. The van der Waals surface area contributed by atoms with Crippen LogP contribution in [0.15, 0.2) is 12.7 Å². The maximum atomic E-state index is 10.8. The minimum Gasteiger partial charge on any atom is -0.463 e. The van der Waals surface area contributed by atoms with Crippen LogP contribution in [0.3, 0.4) is 0 Å². The third kappa shape index (κ3) is 20.1. The van der Waals surface area contributed by atoms with Gasteiger partial charge in [0.1, 0.15) is 0 Å². The fraction of sp³-hybridized carbons (Fsp3) is 0.870. The van der Waals surface area contributed by atoms with E-state index in [4.69, 9.17) is 25.2 Å². The molecule has 0 rings (SSSR count). The zero-order valence-corrected chi connectivity index (χ0v) is 18.6. The smallest absolute Gasteiger partial charge is 0.330 e. The summed E-state index contributed by atoms with van der Waals surface area (Å²) in [5.41, 5.74) is -1.11. The van der Waals surface area contributed by atoms with E-state index in [2.05, 4.69) is 13.5 Å². The molecule has 29 heavy (non-hydrogen) atoms. The van der Waals surface area contributed by atoms with Gasteiger partial charge in [0, 0.05) is 6.08 Å². The highest BCUT2D eigenvalue weighted by molar-refractivity contribution is 5.81.